The summed E-state index contributed by atoms with van der Waals surface area (Å²) in [7, 11) is 0.512. The van der Waals surface area contributed by atoms with Crippen LogP contribution in [0.3, 0.4) is 0 Å². The first-order valence-electron chi connectivity index (χ1n) is 10.2. The predicted molar refractivity (Wildman–Crippen MR) is 131 cm³/mol. The molecular formula is C24H28ClN3O4S. The van der Waals surface area contributed by atoms with E-state index in [0.717, 1.165) is 29.9 Å². The quantitative estimate of drug-likeness (QED) is 0.336. The maximum Gasteiger partial charge on any atom is 0.217 e. The van der Waals surface area contributed by atoms with Gasteiger partial charge in [0, 0.05) is 42.0 Å². The molecule has 33 heavy (non-hydrogen) atoms. The molecule has 176 valence electrons. The van der Waals surface area contributed by atoms with E-state index in [4.69, 9.17) is 16.9 Å². The van der Waals surface area contributed by atoms with Gasteiger partial charge in [-0.25, -0.2) is 8.42 Å². The molecule has 9 heteroatoms. The Balaban J connectivity index is 0.000000569. The smallest absolute Gasteiger partial charge is 0.217 e. The monoisotopic (exact) mass is 489 g/mol. The van der Waals surface area contributed by atoms with Crippen molar-refractivity contribution in [1.82, 2.24) is 0 Å². The molecule has 0 fully saturated rings. The number of fused-ring (bicyclic) bond motifs is 1. The van der Waals surface area contributed by atoms with Crippen molar-refractivity contribution in [3.05, 3.63) is 64.7 Å². The lowest BCUT2D eigenvalue weighted by atomic mass is 9.81. The fraction of sp³-hybridized carbons (Fsp3) is 0.333. The zero-order chi connectivity index (χ0) is 24.8. The fourth-order valence-corrected chi connectivity index (χ4v) is 3.84. The minimum atomic E-state index is -4.41. The van der Waals surface area contributed by atoms with Crippen molar-refractivity contribution < 1.29 is 21.7 Å². The second kappa shape index (κ2) is 10.9. The first-order chi connectivity index (χ1) is 15.4. The first kappa shape index (κ1) is 26.6. The van der Waals surface area contributed by atoms with E-state index in [2.05, 4.69) is 89.2 Å². The van der Waals surface area contributed by atoms with E-state index >= 15 is 0 Å². The van der Waals surface area contributed by atoms with Crippen LogP contribution in [-0.2, 0) is 20.0 Å². The Kier molecular flexibility index (Phi) is 8.81. The molecule has 0 bridgehead atoms. The third-order valence-corrected chi connectivity index (χ3v) is 6.17. The van der Waals surface area contributed by atoms with Gasteiger partial charge in [-0.3, -0.25) is 4.18 Å². The third kappa shape index (κ3) is 6.89. The van der Waals surface area contributed by atoms with E-state index in [1.807, 2.05) is 13.1 Å². The highest BCUT2D eigenvalue weighted by Gasteiger charge is 2.42. The van der Waals surface area contributed by atoms with Gasteiger partial charge in [0.25, 0.3) is 0 Å². The molecule has 1 heterocycles. The molecule has 0 N–H and O–H groups in total. The topological polar surface area (TPSA) is 96.5 Å². The van der Waals surface area contributed by atoms with Gasteiger partial charge in [-0.1, -0.05) is 23.7 Å². The zero-order valence-electron chi connectivity index (χ0n) is 19.4. The SMILES string of the molecule is CN(CCC#N)c1ccc(/C=C/C2=[N+](C)c3ccc(Cl)cc3C2(C)C)cc1.COS(=O)(=O)[O-]. The van der Waals surface area contributed by atoms with Gasteiger partial charge in [0.2, 0.25) is 16.1 Å². The number of hydrogen-bond acceptors (Lipinski definition) is 6. The highest BCUT2D eigenvalue weighted by molar-refractivity contribution is 7.80. The number of anilines is 1. The summed E-state index contributed by atoms with van der Waals surface area (Å²) in [5.74, 6) is 0. The number of halogens is 1. The normalized spacial score (nSPS) is 14.5. The maximum atomic E-state index is 9.22. The highest BCUT2D eigenvalue weighted by atomic mass is 35.5. The summed E-state index contributed by atoms with van der Waals surface area (Å²) in [6, 6.07) is 16.7. The molecule has 2 aromatic carbocycles. The van der Waals surface area contributed by atoms with E-state index in [1.54, 1.807) is 0 Å². The Morgan fingerprint density at radius 3 is 2.36 bits per heavy atom. The average Bonchev–Trinajstić information content (AvgIpc) is 2.95. The Hall–Kier alpha value is -2.70. The van der Waals surface area contributed by atoms with Crippen molar-refractivity contribution in [2.24, 2.45) is 0 Å². The molecule has 0 unspecified atom stereocenters. The van der Waals surface area contributed by atoms with E-state index < -0.39 is 10.4 Å². The van der Waals surface area contributed by atoms with Gasteiger partial charge in [-0.2, -0.15) is 9.84 Å². The fourth-order valence-electron chi connectivity index (χ4n) is 3.67. The molecular weight excluding hydrogens is 462 g/mol. The molecule has 0 spiro atoms. The molecule has 0 aromatic heterocycles. The van der Waals surface area contributed by atoms with Gasteiger partial charge in [-0.15, -0.1) is 0 Å². The minimum Gasteiger partial charge on any atom is -0.726 e. The van der Waals surface area contributed by atoms with Crippen LogP contribution in [0.2, 0.25) is 5.02 Å². The molecule has 1 aliphatic rings. The van der Waals surface area contributed by atoms with Gasteiger partial charge in [0.05, 0.1) is 25.0 Å². The second-order valence-electron chi connectivity index (χ2n) is 8.06. The van der Waals surface area contributed by atoms with E-state index in [1.165, 1.54) is 17.0 Å². The summed E-state index contributed by atoms with van der Waals surface area (Å²) < 4.78 is 33.3. The standard InChI is InChI=1S/C23H25ClN3.CH4O4S/c1-23(2)20-16-18(24)9-12-21(20)27(4)22(23)13-8-17-6-10-19(11-7-17)26(3)15-5-14-25;1-5-6(2,3)4/h6-13,16H,5,15H2,1-4H3;1H3,(H,2,3,4)/q+1;/p-1. The second-order valence-corrected chi connectivity index (χ2v) is 9.65. The number of allylic oxidation sites excluding steroid dienone is 1. The average molecular weight is 490 g/mol. The van der Waals surface area contributed by atoms with Crippen LogP contribution < -0.4 is 4.90 Å². The van der Waals surface area contributed by atoms with Crippen LogP contribution in [0.1, 0.15) is 31.4 Å². The van der Waals surface area contributed by atoms with Gasteiger partial charge in [0.15, 0.2) is 5.71 Å². The lowest BCUT2D eigenvalue weighted by Crippen LogP contribution is -2.26. The van der Waals surface area contributed by atoms with Crippen LogP contribution in [0, 0.1) is 11.3 Å². The molecule has 0 saturated heterocycles. The Morgan fingerprint density at radius 2 is 1.82 bits per heavy atom. The summed E-state index contributed by atoms with van der Waals surface area (Å²) in [6.45, 7) is 5.21. The van der Waals surface area contributed by atoms with Crippen molar-refractivity contribution in [3.8, 4) is 6.07 Å². The summed E-state index contributed by atoms with van der Waals surface area (Å²) in [5, 5.41) is 9.50. The summed E-state index contributed by atoms with van der Waals surface area (Å²) >= 11 is 6.22. The summed E-state index contributed by atoms with van der Waals surface area (Å²) in [4.78, 5) is 2.10. The summed E-state index contributed by atoms with van der Waals surface area (Å²) in [5.41, 5.74) is 5.89. The molecule has 0 atom stereocenters. The molecule has 3 rings (SSSR count). The number of nitrogens with zero attached hydrogens (tertiary/aromatic N) is 3. The van der Waals surface area contributed by atoms with Gasteiger partial charge in [0.1, 0.15) is 7.05 Å². The lowest BCUT2D eigenvalue weighted by Gasteiger charge is -2.17. The van der Waals surface area contributed by atoms with Gasteiger partial charge >= 0.3 is 0 Å². The molecule has 0 saturated carbocycles. The molecule has 7 nitrogen and oxygen atoms in total. The first-order valence-corrected chi connectivity index (χ1v) is 11.9. The maximum absolute atomic E-state index is 9.22. The van der Waals surface area contributed by atoms with E-state index in [-0.39, 0.29) is 5.41 Å². The van der Waals surface area contributed by atoms with Crippen LogP contribution in [0.4, 0.5) is 11.4 Å². The van der Waals surface area contributed by atoms with Crippen LogP contribution in [0.5, 0.6) is 0 Å². The Morgan fingerprint density at radius 1 is 1.21 bits per heavy atom. The van der Waals surface area contributed by atoms with Crippen LogP contribution >= 0.6 is 11.6 Å². The summed E-state index contributed by atoms with van der Waals surface area (Å²) in [6.07, 6.45) is 4.88. The van der Waals surface area contributed by atoms with Crippen molar-refractivity contribution in [3.63, 3.8) is 0 Å². The molecule has 2 aromatic rings. The molecule has 0 aliphatic carbocycles. The van der Waals surface area contributed by atoms with Gasteiger partial charge < -0.3 is 9.45 Å². The van der Waals surface area contributed by atoms with Crippen molar-refractivity contribution in [2.45, 2.75) is 25.7 Å². The van der Waals surface area contributed by atoms with Crippen LogP contribution in [0.15, 0.2) is 48.5 Å². The van der Waals surface area contributed by atoms with Crippen molar-refractivity contribution >= 4 is 45.2 Å². The van der Waals surface area contributed by atoms with Crippen molar-refractivity contribution in [1.29, 1.82) is 5.26 Å². The van der Waals surface area contributed by atoms with E-state index in [9.17, 15) is 13.0 Å². The Labute approximate surface area is 201 Å². The minimum absolute atomic E-state index is 0.0943. The largest absolute Gasteiger partial charge is 0.726 e. The Bertz CT molecular complexity index is 1200. The van der Waals surface area contributed by atoms with Gasteiger partial charge in [-0.05, 0) is 49.8 Å². The lowest BCUT2D eigenvalue weighted by molar-refractivity contribution is -0.401. The highest BCUT2D eigenvalue weighted by Crippen LogP contribution is 2.40. The predicted octanol–water partition coefficient (Wildman–Crippen LogP) is 4.50. The number of rotatable bonds is 6. The zero-order valence-corrected chi connectivity index (χ0v) is 20.9. The molecule has 0 amide bonds. The van der Waals surface area contributed by atoms with Crippen LogP contribution in [0.25, 0.3) is 6.08 Å². The van der Waals surface area contributed by atoms with Crippen molar-refractivity contribution in [2.75, 3.05) is 32.6 Å². The molecule has 1 aliphatic heterocycles. The van der Waals surface area contributed by atoms with E-state index in [0.29, 0.717) is 6.42 Å². The molecule has 0 radical (unpaired) electrons. The number of benzene rings is 2. The third-order valence-electron chi connectivity index (χ3n) is 5.53. The number of hydrogen-bond donors (Lipinski definition) is 0. The number of nitriles is 1. The van der Waals surface area contributed by atoms with Crippen LogP contribution in [-0.4, -0.2) is 51.0 Å².